The van der Waals surface area contributed by atoms with Gasteiger partial charge in [0.05, 0.1) is 5.52 Å². The third kappa shape index (κ3) is 6.49. The molecule has 0 fully saturated rings. The Balaban J connectivity index is 0.00000200. The van der Waals surface area contributed by atoms with Crippen LogP contribution in [0.3, 0.4) is 0 Å². The Morgan fingerprint density at radius 3 is 2.26 bits per heavy atom. The van der Waals surface area contributed by atoms with Gasteiger partial charge in [0.2, 0.25) is 5.95 Å². The molecule has 38 heavy (non-hydrogen) atoms. The summed E-state index contributed by atoms with van der Waals surface area (Å²) in [6, 6.07) is 23.5. The van der Waals surface area contributed by atoms with Gasteiger partial charge in [-0.2, -0.15) is 9.97 Å². The van der Waals surface area contributed by atoms with Crippen LogP contribution < -0.4 is 33.2 Å². The van der Waals surface area contributed by atoms with Crippen molar-refractivity contribution in [2.45, 2.75) is 0 Å². The van der Waals surface area contributed by atoms with Gasteiger partial charge in [0.1, 0.15) is 11.6 Å². The zero-order valence-corrected chi connectivity index (χ0v) is 21.5. The molecule has 12 heteroatoms. The Kier molecular flexibility index (Phi) is 8.74. The number of aromatic nitrogens is 3. The largest absolute Gasteiger partial charge is 0.399 e. The first-order chi connectivity index (χ1) is 17.4. The van der Waals surface area contributed by atoms with Crippen LogP contribution in [0.2, 0.25) is 0 Å². The van der Waals surface area contributed by atoms with Gasteiger partial charge in [0.15, 0.2) is 0 Å². The van der Waals surface area contributed by atoms with Crippen LogP contribution in [0.15, 0.2) is 85.1 Å². The molecule has 2 heterocycles. The van der Waals surface area contributed by atoms with Crippen LogP contribution in [0.1, 0.15) is 10.4 Å². The first-order valence-corrected chi connectivity index (χ1v) is 11.0. The summed E-state index contributed by atoms with van der Waals surface area (Å²) in [6.07, 6.45) is 1.74. The molecule has 194 valence electrons. The van der Waals surface area contributed by atoms with Crippen LogP contribution >= 0.6 is 24.8 Å². The molecule has 0 radical (unpaired) electrons. The van der Waals surface area contributed by atoms with Crippen molar-refractivity contribution >= 4 is 87.6 Å². The molecular weight excluding hydrogens is 525 g/mol. The Hall–Kier alpha value is -4.80. The predicted molar refractivity (Wildman–Crippen MR) is 159 cm³/mol. The average molecular weight is 550 g/mol. The molecule has 9 N–H and O–H groups in total. The number of nitrogens with one attached hydrogen (secondary N) is 3. The van der Waals surface area contributed by atoms with Gasteiger partial charge >= 0.3 is 0 Å². The minimum absolute atomic E-state index is 0. The molecule has 0 bridgehead atoms. The second kappa shape index (κ2) is 12.0. The number of nitrogen functional groups attached to an aromatic ring is 3. The first kappa shape index (κ1) is 27.8. The topological polar surface area (TPSA) is 170 Å². The molecule has 3 aromatic carbocycles. The van der Waals surface area contributed by atoms with Crippen molar-refractivity contribution in [2.75, 3.05) is 33.2 Å². The average Bonchev–Trinajstić information content (AvgIpc) is 2.85. The molecule has 0 saturated heterocycles. The Bertz CT molecular complexity index is 1560. The van der Waals surface area contributed by atoms with E-state index in [1.54, 1.807) is 30.5 Å². The second-order valence-electron chi connectivity index (χ2n) is 8.03. The Labute approximate surface area is 230 Å². The molecule has 0 unspecified atom stereocenters. The van der Waals surface area contributed by atoms with Crippen molar-refractivity contribution in [1.82, 2.24) is 15.0 Å². The number of carbonyl (C=O) groups excluding carboxylic acids is 1. The van der Waals surface area contributed by atoms with E-state index in [2.05, 4.69) is 30.9 Å². The second-order valence-corrected chi connectivity index (χ2v) is 8.03. The van der Waals surface area contributed by atoms with Crippen molar-refractivity contribution < 1.29 is 4.79 Å². The maximum atomic E-state index is 12.8. The van der Waals surface area contributed by atoms with Crippen molar-refractivity contribution in [3.8, 4) is 0 Å². The molecule has 5 rings (SSSR count). The van der Waals surface area contributed by atoms with Crippen LogP contribution in [-0.4, -0.2) is 20.9 Å². The lowest BCUT2D eigenvalue weighted by molar-refractivity contribution is 0.102. The van der Waals surface area contributed by atoms with E-state index >= 15 is 0 Å². The quantitative estimate of drug-likeness (QED) is 0.152. The van der Waals surface area contributed by atoms with Gasteiger partial charge in [-0.05, 0) is 66.7 Å². The highest BCUT2D eigenvalue weighted by Crippen LogP contribution is 2.27. The van der Waals surface area contributed by atoms with Gasteiger partial charge < -0.3 is 33.2 Å². The maximum absolute atomic E-state index is 12.8. The highest BCUT2D eigenvalue weighted by molar-refractivity contribution is 6.05. The zero-order chi connectivity index (χ0) is 25.1. The fourth-order valence-electron chi connectivity index (χ4n) is 3.70. The third-order valence-corrected chi connectivity index (χ3v) is 5.35. The molecular formula is C26H25Cl2N9O. The summed E-state index contributed by atoms with van der Waals surface area (Å²) in [5, 5.41) is 10.3. The number of fused-ring (bicyclic) bond motifs is 1. The molecule has 0 atom stereocenters. The van der Waals surface area contributed by atoms with Crippen molar-refractivity contribution in [2.24, 2.45) is 0 Å². The Morgan fingerprint density at radius 1 is 0.737 bits per heavy atom. The number of amides is 1. The van der Waals surface area contributed by atoms with E-state index in [9.17, 15) is 4.79 Å². The van der Waals surface area contributed by atoms with Crippen LogP contribution in [0.4, 0.5) is 46.0 Å². The van der Waals surface area contributed by atoms with Crippen molar-refractivity contribution in [1.29, 1.82) is 0 Å². The van der Waals surface area contributed by atoms with E-state index in [1.165, 1.54) is 0 Å². The number of hydrogen-bond acceptors (Lipinski definition) is 9. The zero-order valence-electron chi connectivity index (χ0n) is 19.9. The van der Waals surface area contributed by atoms with Gasteiger partial charge in [-0.25, -0.2) is 0 Å². The minimum atomic E-state index is -0.253. The molecule has 0 aliphatic rings. The highest BCUT2D eigenvalue weighted by Gasteiger charge is 2.09. The lowest BCUT2D eigenvalue weighted by Gasteiger charge is -2.12. The lowest BCUT2D eigenvalue weighted by Crippen LogP contribution is -2.12. The predicted octanol–water partition coefficient (Wildman–Crippen LogP) is 5.35. The van der Waals surface area contributed by atoms with E-state index in [4.69, 9.17) is 17.2 Å². The van der Waals surface area contributed by atoms with Gasteiger partial charge in [0.25, 0.3) is 5.91 Å². The molecule has 0 aliphatic heterocycles. The number of carbonyl (C=O) groups is 1. The van der Waals surface area contributed by atoms with E-state index < -0.39 is 0 Å². The fourth-order valence-corrected chi connectivity index (χ4v) is 3.70. The number of hydrogen-bond donors (Lipinski definition) is 6. The van der Waals surface area contributed by atoms with E-state index in [0.717, 1.165) is 22.3 Å². The summed E-state index contributed by atoms with van der Waals surface area (Å²) in [5.74, 6) is 0.491. The number of nitrogens with zero attached hydrogens (tertiary/aromatic N) is 3. The number of nitrogens with two attached hydrogens (primary N) is 3. The molecule has 1 amide bonds. The lowest BCUT2D eigenvalue weighted by atomic mass is 10.1. The van der Waals surface area contributed by atoms with Crippen molar-refractivity contribution in [3.05, 3.63) is 90.6 Å². The monoisotopic (exact) mass is 549 g/mol. The van der Waals surface area contributed by atoms with Crippen LogP contribution in [-0.2, 0) is 0 Å². The van der Waals surface area contributed by atoms with Crippen molar-refractivity contribution in [3.63, 3.8) is 0 Å². The van der Waals surface area contributed by atoms with Crippen LogP contribution in [0.5, 0.6) is 0 Å². The Morgan fingerprint density at radius 2 is 1.50 bits per heavy atom. The SMILES string of the molecule is Cl.Cl.Nc1ccc2nccc(Nc3ccc(NC(=O)c4cccc(Nc5cc(N)nc(N)n5)c4)cc3)c2c1. The maximum Gasteiger partial charge on any atom is 0.255 e. The van der Waals surface area contributed by atoms with E-state index in [1.807, 2.05) is 54.6 Å². The summed E-state index contributed by atoms with van der Waals surface area (Å²) in [7, 11) is 0. The van der Waals surface area contributed by atoms with Gasteiger partial charge in [-0.15, -0.1) is 24.8 Å². The fraction of sp³-hybridized carbons (Fsp3) is 0. The summed E-state index contributed by atoms with van der Waals surface area (Å²) in [6.45, 7) is 0. The molecule has 5 aromatic rings. The van der Waals surface area contributed by atoms with E-state index in [-0.39, 0.29) is 42.5 Å². The summed E-state index contributed by atoms with van der Waals surface area (Å²) in [5.41, 5.74) is 22.3. The van der Waals surface area contributed by atoms with Gasteiger partial charge in [-0.3, -0.25) is 9.78 Å². The molecule has 0 saturated carbocycles. The number of pyridine rings is 1. The number of rotatable bonds is 6. The standard InChI is InChI=1S/C26H23N9O.2ClH/c27-16-4-9-21-20(13-16)22(10-11-30-21)31-17-5-7-18(8-6-17)33-25(36)15-2-1-3-19(12-15)32-24-14-23(28)34-26(29)35-24;;/h1-14H,27H2,(H,30,31)(H,33,36)(H5,28,29,32,34,35);2*1H. The summed E-state index contributed by atoms with van der Waals surface area (Å²) >= 11 is 0. The number of benzene rings is 3. The smallest absolute Gasteiger partial charge is 0.255 e. The van der Waals surface area contributed by atoms with E-state index in [0.29, 0.717) is 28.4 Å². The first-order valence-electron chi connectivity index (χ1n) is 11.0. The summed E-state index contributed by atoms with van der Waals surface area (Å²) < 4.78 is 0. The molecule has 0 aliphatic carbocycles. The minimum Gasteiger partial charge on any atom is -0.399 e. The highest BCUT2D eigenvalue weighted by atomic mass is 35.5. The van der Waals surface area contributed by atoms with Gasteiger partial charge in [0, 0.05) is 51.6 Å². The number of anilines is 8. The third-order valence-electron chi connectivity index (χ3n) is 5.35. The summed E-state index contributed by atoms with van der Waals surface area (Å²) in [4.78, 5) is 25.1. The molecule has 2 aromatic heterocycles. The van der Waals surface area contributed by atoms with Crippen LogP contribution in [0.25, 0.3) is 10.9 Å². The van der Waals surface area contributed by atoms with Crippen LogP contribution in [0, 0.1) is 0 Å². The molecule has 10 nitrogen and oxygen atoms in total. The normalized spacial score (nSPS) is 10.1. The number of halogens is 2. The molecule has 0 spiro atoms. The van der Waals surface area contributed by atoms with Gasteiger partial charge in [-0.1, -0.05) is 6.07 Å².